The summed E-state index contributed by atoms with van der Waals surface area (Å²) in [5.41, 5.74) is 1.34. The first-order valence-electron chi connectivity index (χ1n) is 9.35. The van der Waals surface area contributed by atoms with Crippen LogP contribution >= 0.6 is 0 Å². The largest absolute Gasteiger partial charge is 0.481 e. The van der Waals surface area contributed by atoms with Crippen molar-refractivity contribution in [2.45, 2.75) is 44.9 Å². The molecule has 0 saturated carbocycles. The van der Waals surface area contributed by atoms with Gasteiger partial charge in [-0.3, -0.25) is 14.4 Å². The van der Waals surface area contributed by atoms with Gasteiger partial charge >= 0.3 is 5.97 Å². The van der Waals surface area contributed by atoms with Gasteiger partial charge in [-0.1, -0.05) is 30.3 Å². The molecule has 0 aromatic heterocycles. The second kappa shape index (κ2) is 10.6. The molecule has 2 N–H and O–H groups in total. The molecule has 6 nitrogen and oxygen atoms in total. The lowest BCUT2D eigenvalue weighted by molar-refractivity contribution is -0.137. The van der Waals surface area contributed by atoms with Gasteiger partial charge < -0.3 is 15.3 Å². The molecule has 1 aliphatic heterocycles. The third-order valence-electron chi connectivity index (χ3n) is 4.82. The molecule has 0 bridgehead atoms. The third kappa shape index (κ3) is 7.25. The van der Waals surface area contributed by atoms with Crippen LogP contribution in [0, 0.1) is 5.92 Å². The predicted molar refractivity (Wildman–Crippen MR) is 98.6 cm³/mol. The Hall–Kier alpha value is -2.37. The van der Waals surface area contributed by atoms with Crippen molar-refractivity contribution in [3.05, 3.63) is 35.9 Å². The number of carboxylic acid groups (broad SMARTS) is 1. The Kier molecular flexibility index (Phi) is 8.12. The van der Waals surface area contributed by atoms with Crippen molar-refractivity contribution < 1.29 is 19.5 Å². The standard InChI is InChI=1S/C20H28N2O4/c23-18(8-4-5-9-20(25)26)21-15-19(24)22-12-10-17(11-13-22)14-16-6-2-1-3-7-16/h1-3,6-7,17H,4-5,8-15H2,(H,21,23)(H,25,26). The first-order valence-corrected chi connectivity index (χ1v) is 9.35. The molecule has 1 fully saturated rings. The lowest BCUT2D eigenvalue weighted by Gasteiger charge is -2.32. The summed E-state index contributed by atoms with van der Waals surface area (Å²) >= 11 is 0. The van der Waals surface area contributed by atoms with Crippen molar-refractivity contribution >= 4 is 17.8 Å². The quantitative estimate of drug-likeness (QED) is 0.661. The number of nitrogens with zero attached hydrogens (tertiary/aromatic N) is 1. The first-order chi connectivity index (χ1) is 12.5. The third-order valence-corrected chi connectivity index (χ3v) is 4.82. The van der Waals surface area contributed by atoms with Crippen molar-refractivity contribution in [3.63, 3.8) is 0 Å². The number of rotatable bonds is 9. The minimum Gasteiger partial charge on any atom is -0.481 e. The van der Waals surface area contributed by atoms with Crippen molar-refractivity contribution in [2.24, 2.45) is 5.92 Å². The molecule has 1 aliphatic rings. The Morgan fingerprint density at radius 3 is 2.35 bits per heavy atom. The van der Waals surface area contributed by atoms with Gasteiger partial charge in [0.05, 0.1) is 6.54 Å². The van der Waals surface area contributed by atoms with Gasteiger partial charge in [0.15, 0.2) is 0 Å². The van der Waals surface area contributed by atoms with E-state index in [1.54, 1.807) is 0 Å². The number of unbranched alkanes of at least 4 members (excludes halogenated alkanes) is 1. The van der Waals surface area contributed by atoms with Gasteiger partial charge in [0.25, 0.3) is 0 Å². The van der Waals surface area contributed by atoms with Crippen molar-refractivity contribution in [3.8, 4) is 0 Å². The number of hydrogen-bond acceptors (Lipinski definition) is 3. The topological polar surface area (TPSA) is 86.7 Å². The summed E-state index contributed by atoms with van der Waals surface area (Å²) < 4.78 is 0. The summed E-state index contributed by atoms with van der Waals surface area (Å²) in [6.45, 7) is 1.51. The molecule has 0 radical (unpaired) electrons. The Morgan fingerprint density at radius 2 is 1.69 bits per heavy atom. The fraction of sp³-hybridized carbons (Fsp3) is 0.550. The lowest BCUT2D eigenvalue weighted by Crippen LogP contribution is -2.44. The van der Waals surface area contributed by atoms with Gasteiger partial charge in [-0.2, -0.15) is 0 Å². The van der Waals surface area contributed by atoms with E-state index in [4.69, 9.17) is 5.11 Å². The molecule has 1 aromatic carbocycles. The van der Waals surface area contributed by atoms with E-state index in [-0.39, 0.29) is 31.2 Å². The fourth-order valence-electron chi connectivity index (χ4n) is 3.27. The van der Waals surface area contributed by atoms with Crippen LogP contribution in [0.25, 0.3) is 0 Å². The number of carbonyl (C=O) groups excluding carboxylic acids is 2. The maximum absolute atomic E-state index is 12.2. The molecule has 2 amide bonds. The molecule has 0 unspecified atom stereocenters. The highest BCUT2D eigenvalue weighted by Gasteiger charge is 2.23. The number of carboxylic acids is 1. The van der Waals surface area contributed by atoms with Crippen LogP contribution in [0.5, 0.6) is 0 Å². The average Bonchev–Trinajstić information content (AvgIpc) is 2.64. The van der Waals surface area contributed by atoms with E-state index in [1.165, 1.54) is 5.56 Å². The van der Waals surface area contributed by atoms with Crippen LogP contribution in [0.3, 0.4) is 0 Å². The van der Waals surface area contributed by atoms with E-state index >= 15 is 0 Å². The summed E-state index contributed by atoms with van der Waals surface area (Å²) in [7, 11) is 0. The van der Waals surface area contributed by atoms with Crippen molar-refractivity contribution in [1.82, 2.24) is 10.2 Å². The molecule has 26 heavy (non-hydrogen) atoms. The lowest BCUT2D eigenvalue weighted by atomic mass is 9.90. The number of likely N-dealkylation sites (tertiary alicyclic amines) is 1. The molecule has 0 spiro atoms. The van der Waals surface area contributed by atoms with E-state index in [0.29, 0.717) is 18.8 Å². The summed E-state index contributed by atoms with van der Waals surface area (Å²) in [5.74, 6) is -0.480. The predicted octanol–water partition coefficient (Wildman–Crippen LogP) is 2.23. The van der Waals surface area contributed by atoms with Crippen LogP contribution in [-0.4, -0.2) is 47.4 Å². The zero-order valence-electron chi connectivity index (χ0n) is 15.2. The molecule has 6 heteroatoms. The highest BCUT2D eigenvalue weighted by atomic mass is 16.4. The molecule has 2 rings (SSSR count). The van der Waals surface area contributed by atoms with Gasteiger partial charge in [-0.25, -0.2) is 0 Å². The van der Waals surface area contributed by atoms with E-state index in [2.05, 4.69) is 29.6 Å². The molecule has 0 atom stereocenters. The molecule has 142 valence electrons. The first kappa shape index (κ1) is 19.9. The maximum Gasteiger partial charge on any atom is 0.303 e. The van der Waals surface area contributed by atoms with E-state index in [0.717, 1.165) is 32.4 Å². The summed E-state index contributed by atoms with van der Waals surface area (Å²) in [6, 6.07) is 10.4. The smallest absolute Gasteiger partial charge is 0.303 e. The van der Waals surface area contributed by atoms with Gasteiger partial charge in [0.1, 0.15) is 0 Å². The number of carbonyl (C=O) groups is 3. The second-order valence-corrected chi connectivity index (χ2v) is 6.89. The Bertz CT molecular complexity index is 595. The summed E-state index contributed by atoms with van der Waals surface area (Å²) in [4.78, 5) is 36.2. The minimum atomic E-state index is -0.851. The van der Waals surface area contributed by atoms with Gasteiger partial charge in [-0.05, 0) is 43.6 Å². The molecular formula is C20H28N2O4. The number of nitrogens with one attached hydrogen (secondary N) is 1. The molecule has 1 heterocycles. The van der Waals surface area contributed by atoms with Crippen LogP contribution in [0.1, 0.15) is 44.1 Å². The number of piperidine rings is 1. The minimum absolute atomic E-state index is 0.0289. The number of benzene rings is 1. The van der Waals surface area contributed by atoms with Crippen LogP contribution in [0.2, 0.25) is 0 Å². The Labute approximate surface area is 154 Å². The summed E-state index contributed by atoms with van der Waals surface area (Å²) in [5, 5.41) is 11.2. The number of hydrogen-bond donors (Lipinski definition) is 2. The fourth-order valence-corrected chi connectivity index (χ4v) is 3.27. The maximum atomic E-state index is 12.2. The van der Waals surface area contributed by atoms with Gasteiger partial charge in [-0.15, -0.1) is 0 Å². The highest BCUT2D eigenvalue weighted by molar-refractivity contribution is 5.84. The van der Waals surface area contributed by atoms with Crippen molar-refractivity contribution in [1.29, 1.82) is 0 Å². The van der Waals surface area contributed by atoms with Gasteiger partial charge in [0, 0.05) is 25.9 Å². The van der Waals surface area contributed by atoms with E-state index < -0.39 is 5.97 Å². The van der Waals surface area contributed by atoms with Crippen LogP contribution in [0.15, 0.2) is 30.3 Å². The number of amides is 2. The van der Waals surface area contributed by atoms with Gasteiger partial charge in [0.2, 0.25) is 11.8 Å². The molecule has 0 aliphatic carbocycles. The molecule has 1 aromatic rings. The Balaban J connectivity index is 1.60. The Morgan fingerprint density at radius 1 is 1.04 bits per heavy atom. The van der Waals surface area contributed by atoms with Crippen LogP contribution < -0.4 is 5.32 Å². The van der Waals surface area contributed by atoms with Crippen molar-refractivity contribution in [2.75, 3.05) is 19.6 Å². The monoisotopic (exact) mass is 360 g/mol. The summed E-state index contributed by atoms with van der Waals surface area (Å²) in [6.07, 6.45) is 4.37. The normalized spacial score (nSPS) is 14.8. The van der Waals surface area contributed by atoms with Crippen LogP contribution in [0.4, 0.5) is 0 Å². The average molecular weight is 360 g/mol. The molecule has 1 saturated heterocycles. The van der Waals surface area contributed by atoms with E-state index in [9.17, 15) is 14.4 Å². The highest BCUT2D eigenvalue weighted by Crippen LogP contribution is 2.21. The molecular weight excluding hydrogens is 332 g/mol. The zero-order chi connectivity index (χ0) is 18.8. The van der Waals surface area contributed by atoms with Crippen LogP contribution in [-0.2, 0) is 20.8 Å². The zero-order valence-corrected chi connectivity index (χ0v) is 15.2. The number of aliphatic carboxylic acids is 1. The van der Waals surface area contributed by atoms with E-state index in [1.807, 2.05) is 11.0 Å². The second-order valence-electron chi connectivity index (χ2n) is 6.89. The SMILES string of the molecule is O=C(O)CCCCC(=O)NCC(=O)N1CCC(Cc2ccccc2)CC1.